The fraction of sp³-hybridized carbons (Fsp3) is 0.833. The molecule has 1 aliphatic rings. The summed E-state index contributed by atoms with van der Waals surface area (Å²) in [5, 5.41) is 8.45. The average Bonchev–Trinajstić information content (AvgIpc) is 2.17. The van der Waals surface area contributed by atoms with Gasteiger partial charge in [0.2, 0.25) is 0 Å². The fourth-order valence-corrected chi connectivity index (χ4v) is 0.867. The Morgan fingerprint density at radius 3 is 2.75 bits per heavy atom. The Balaban J connectivity index is 2.56. The summed E-state index contributed by atoms with van der Waals surface area (Å²) in [6, 6.07) is 2.12. The Bertz CT molecular complexity index is 119. The third-order valence-electron chi connectivity index (χ3n) is 1.46. The molecule has 8 heavy (non-hydrogen) atoms. The molecule has 0 unspecified atom stereocenters. The van der Waals surface area contributed by atoms with Gasteiger partial charge in [0, 0.05) is 6.61 Å². The summed E-state index contributed by atoms with van der Waals surface area (Å²) < 4.78 is 5.13. The zero-order valence-corrected chi connectivity index (χ0v) is 4.98. The van der Waals surface area contributed by atoms with Crippen LogP contribution in [-0.4, -0.2) is 12.2 Å². The first-order valence-electron chi connectivity index (χ1n) is 2.82. The van der Waals surface area contributed by atoms with Crippen LogP contribution < -0.4 is 0 Å². The van der Waals surface area contributed by atoms with Crippen LogP contribution in [0, 0.1) is 11.3 Å². The van der Waals surface area contributed by atoms with Crippen molar-refractivity contribution in [1.29, 1.82) is 5.26 Å². The minimum absolute atomic E-state index is 0.458. The summed E-state index contributed by atoms with van der Waals surface area (Å²) in [5.74, 6) is 0. The summed E-state index contributed by atoms with van der Waals surface area (Å²) in [6.45, 7) is 2.59. The van der Waals surface area contributed by atoms with Crippen LogP contribution in [0.1, 0.15) is 19.8 Å². The van der Waals surface area contributed by atoms with Crippen molar-refractivity contribution in [2.75, 3.05) is 6.61 Å². The Kier molecular flexibility index (Phi) is 1.22. The van der Waals surface area contributed by atoms with Crippen LogP contribution in [-0.2, 0) is 4.74 Å². The van der Waals surface area contributed by atoms with Crippen LogP contribution >= 0.6 is 0 Å². The second kappa shape index (κ2) is 1.75. The van der Waals surface area contributed by atoms with E-state index < -0.39 is 5.60 Å². The van der Waals surface area contributed by atoms with E-state index in [1.165, 1.54) is 0 Å². The molecule has 0 bridgehead atoms. The zero-order valence-electron chi connectivity index (χ0n) is 4.98. The Hall–Kier alpha value is -0.550. The van der Waals surface area contributed by atoms with Gasteiger partial charge in [-0.2, -0.15) is 5.26 Å². The second-order valence-corrected chi connectivity index (χ2v) is 2.29. The van der Waals surface area contributed by atoms with Crippen molar-refractivity contribution >= 4 is 0 Å². The number of nitriles is 1. The van der Waals surface area contributed by atoms with Crippen molar-refractivity contribution < 1.29 is 4.74 Å². The summed E-state index contributed by atoms with van der Waals surface area (Å²) >= 11 is 0. The van der Waals surface area contributed by atoms with Gasteiger partial charge in [0.25, 0.3) is 0 Å². The Morgan fingerprint density at radius 1 is 1.75 bits per heavy atom. The SMILES string of the molecule is C[C@@]1(C#N)CCCO1. The molecule has 44 valence electrons. The van der Waals surface area contributed by atoms with E-state index in [9.17, 15) is 0 Å². The predicted octanol–water partition coefficient (Wildman–Crippen LogP) is 1.08. The van der Waals surface area contributed by atoms with Gasteiger partial charge < -0.3 is 4.74 Å². The highest BCUT2D eigenvalue weighted by Gasteiger charge is 2.28. The lowest BCUT2D eigenvalue weighted by Crippen LogP contribution is -2.18. The van der Waals surface area contributed by atoms with Gasteiger partial charge in [-0.3, -0.25) is 0 Å². The summed E-state index contributed by atoms with van der Waals surface area (Å²) in [6.07, 6.45) is 1.92. The topological polar surface area (TPSA) is 33.0 Å². The molecule has 0 saturated carbocycles. The lowest BCUT2D eigenvalue weighted by atomic mass is 10.1. The molecule has 1 saturated heterocycles. The quantitative estimate of drug-likeness (QED) is 0.468. The van der Waals surface area contributed by atoms with Gasteiger partial charge in [0.15, 0.2) is 5.60 Å². The van der Waals surface area contributed by atoms with Crippen molar-refractivity contribution in [3.8, 4) is 6.07 Å². The van der Waals surface area contributed by atoms with Gasteiger partial charge >= 0.3 is 0 Å². The maximum Gasteiger partial charge on any atom is 0.151 e. The minimum atomic E-state index is -0.458. The smallest absolute Gasteiger partial charge is 0.151 e. The van der Waals surface area contributed by atoms with E-state index in [-0.39, 0.29) is 0 Å². The minimum Gasteiger partial charge on any atom is -0.360 e. The van der Waals surface area contributed by atoms with Crippen LogP contribution in [0.15, 0.2) is 0 Å². The molecular formula is C6H9NO. The van der Waals surface area contributed by atoms with Gasteiger partial charge in [-0.15, -0.1) is 0 Å². The first-order chi connectivity index (χ1) is 3.77. The summed E-state index contributed by atoms with van der Waals surface area (Å²) in [5.41, 5.74) is -0.458. The van der Waals surface area contributed by atoms with E-state index in [0.29, 0.717) is 0 Å². The monoisotopic (exact) mass is 111 g/mol. The first kappa shape index (κ1) is 5.58. The van der Waals surface area contributed by atoms with Gasteiger partial charge in [0.05, 0.1) is 6.07 Å². The van der Waals surface area contributed by atoms with Gasteiger partial charge in [-0.1, -0.05) is 0 Å². The van der Waals surface area contributed by atoms with Gasteiger partial charge in [0.1, 0.15) is 0 Å². The lowest BCUT2D eigenvalue weighted by molar-refractivity contribution is 0.0677. The maximum absolute atomic E-state index is 8.45. The molecule has 1 heterocycles. The van der Waals surface area contributed by atoms with E-state index in [4.69, 9.17) is 10.00 Å². The molecule has 1 rings (SSSR count). The van der Waals surface area contributed by atoms with E-state index in [2.05, 4.69) is 6.07 Å². The Morgan fingerprint density at radius 2 is 2.50 bits per heavy atom. The van der Waals surface area contributed by atoms with Crippen molar-refractivity contribution in [2.24, 2.45) is 0 Å². The molecule has 0 aromatic rings. The van der Waals surface area contributed by atoms with E-state index >= 15 is 0 Å². The first-order valence-corrected chi connectivity index (χ1v) is 2.82. The van der Waals surface area contributed by atoms with Crippen molar-refractivity contribution in [3.63, 3.8) is 0 Å². The Labute approximate surface area is 49.1 Å². The summed E-state index contributed by atoms with van der Waals surface area (Å²) in [7, 11) is 0. The van der Waals surface area contributed by atoms with E-state index in [1.807, 2.05) is 6.92 Å². The third-order valence-corrected chi connectivity index (χ3v) is 1.46. The number of rotatable bonds is 0. The van der Waals surface area contributed by atoms with Crippen molar-refractivity contribution in [3.05, 3.63) is 0 Å². The molecule has 2 nitrogen and oxygen atoms in total. The lowest BCUT2D eigenvalue weighted by Gasteiger charge is -2.10. The highest BCUT2D eigenvalue weighted by atomic mass is 16.5. The van der Waals surface area contributed by atoms with Crippen LogP contribution in [0.4, 0.5) is 0 Å². The number of hydrogen-bond acceptors (Lipinski definition) is 2. The molecule has 0 aromatic heterocycles. The number of ether oxygens (including phenoxy) is 1. The van der Waals surface area contributed by atoms with Crippen LogP contribution in [0.5, 0.6) is 0 Å². The molecule has 0 N–H and O–H groups in total. The second-order valence-electron chi connectivity index (χ2n) is 2.29. The maximum atomic E-state index is 8.45. The molecule has 2 heteroatoms. The molecule has 1 fully saturated rings. The van der Waals surface area contributed by atoms with Gasteiger partial charge in [-0.05, 0) is 19.8 Å². The van der Waals surface area contributed by atoms with Crippen molar-refractivity contribution in [1.82, 2.24) is 0 Å². The molecule has 1 atom stereocenters. The number of nitrogens with zero attached hydrogens (tertiary/aromatic N) is 1. The van der Waals surface area contributed by atoms with Crippen LogP contribution in [0.3, 0.4) is 0 Å². The molecule has 0 amide bonds. The van der Waals surface area contributed by atoms with Crippen LogP contribution in [0.25, 0.3) is 0 Å². The fourth-order valence-electron chi connectivity index (χ4n) is 0.867. The average molecular weight is 111 g/mol. The predicted molar refractivity (Wildman–Crippen MR) is 29.2 cm³/mol. The molecule has 0 aliphatic carbocycles. The molecular weight excluding hydrogens is 102 g/mol. The zero-order chi connectivity index (χ0) is 6.04. The third kappa shape index (κ3) is 0.823. The van der Waals surface area contributed by atoms with E-state index in [0.717, 1.165) is 19.4 Å². The van der Waals surface area contributed by atoms with Crippen LogP contribution in [0.2, 0.25) is 0 Å². The number of hydrogen-bond donors (Lipinski definition) is 0. The largest absolute Gasteiger partial charge is 0.360 e. The normalized spacial score (nSPS) is 37.0. The highest BCUT2D eigenvalue weighted by Crippen LogP contribution is 2.23. The molecule has 0 spiro atoms. The highest BCUT2D eigenvalue weighted by molar-refractivity contribution is 5.00. The summed E-state index contributed by atoms with van der Waals surface area (Å²) in [4.78, 5) is 0. The van der Waals surface area contributed by atoms with Gasteiger partial charge in [-0.25, -0.2) is 0 Å². The standard InChI is InChI=1S/C6H9NO/c1-6(5-7)3-2-4-8-6/h2-4H2,1H3/t6-/m0/s1. The molecule has 0 aromatic carbocycles. The molecule has 0 radical (unpaired) electrons. The van der Waals surface area contributed by atoms with E-state index in [1.54, 1.807) is 0 Å². The van der Waals surface area contributed by atoms with Crippen molar-refractivity contribution in [2.45, 2.75) is 25.4 Å². The molecule has 1 aliphatic heterocycles.